The maximum atomic E-state index is 12.3. The van der Waals surface area contributed by atoms with Gasteiger partial charge in [0.2, 0.25) is 0 Å². The first-order valence-corrected chi connectivity index (χ1v) is 8.32. The normalized spacial score (nSPS) is 11.2. The summed E-state index contributed by atoms with van der Waals surface area (Å²) in [5.74, 6) is -0.415. The number of thiophene rings is 1. The average molecular weight is 347 g/mol. The van der Waals surface area contributed by atoms with Gasteiger partial charge in [0, 0.05) is 11.4 Å². The number of hydrogen-bond acceptors (Lipinski definition) is 4. The van der Waals surface area contributed by atoms with Crippen LogP contribution in [-0.4, -0.2) is 30.6 Å². The molecular formula is C18H21NO4S. The summed E-state index contributed by atoms with van der Waals surface area (Å²) < 4.78 is 5.15. The number of carboxylic acid groups (broad SMARTS) is 1. The van der Waals surface area contributed by atoms with E-state index < -0.39 is 11.4 Å². The van der Waals surface area contributed by atoms with E-state index in [0.717, 1.165) is 21.8 Å². The quantitative estimate of drug-likeness (QED) is 0.837. The fraction of sp³-hybridized carbons (Fsp3) is 0.333. The fourth-order valence-corrected chi connectivity index (χ4v) is 3.07. The Balaban J connectivity index is 2.15. The summed E-state index contributed by atoms with van der Waals surface area (Å²) in [5.41, 5.74) is 1.00. The standard InChI is InChI=1S/C18H21NO4S/c1-11-14(12-5-7-13(23-4)8-6-12)9-15(24-11)16(20)19-10-18(2,3)17(21)22/h5-9H,10H2,1-4H3,(H,19,20)(H,21,22). The van der Waals surface area contributed by atoms with Crippen LogP contribution in [0.25, 0.3) is 11.1 Å². The minimum atomic E-state index is -0.999. The molecule has 5 nitrogen and oxygen atoms in total. The molecular weight excluding hydrogens is 326 g/mol. The molecule has 0 unspecified atom stereocenters. The van der Waals surface area contributed by atoms with E-state index in [1.165, 1.54) is 11.3 Å². The Bertz CT molecular complexity index is 747. The number of benzene rings is 1. The molecule has 0 aliphatic heterocycles. The van der Waals surface area contributed by atoms with Crippen LogP contribution in [0.2, 0.25) is 0 Å². The highest BCUT2D eigenvalue weighted by Gasteiger charge is 2.28. The SMILES string of the molecule is COc1ccc(-c2cc(C(=O)NCC(C)(C)C(=O)O)sc2C)cc1. The highest BCUT2D eigenvalue weighted by atomic mass is 32.1. The van der Waals surface area contributed by atoms with E-state index in [1.54, 1.807) is 21.0 Å². The second kappa shape index (κ2) is 7.05. The number of aliphatic carboxylic acids is 1. The summed E-state index contributed by atoms with van der Waals surface area (Å²) in [5, 5.41) is 11.8. The number of aryl methyl sites for hydroxylation is 1. The van der Waals surface area contributed by atoms with Crippen molar-refractivity contribution in [2.45, 2.75) is 20.8 Å². The lowest BCUT2D eigenvalue weighted by Gasteiger charge is -2.19. The van der Waals surface area contributed by atoms with Gasteiger partial charge in [0.05, 0.1) is 17.4 Å². The Labute approximate surface area is 145 Å². The number of ether oxygens (including phenoxy) is 1. The van der Waals surface area contributed by atoms with Gasteiger partial charge >= 0.3 is 5.97 Å². The van der Waals surface area contributed by atoms with Gasteiger partial charge in [-0.05, 0) is 50.1 Å². The number of carbonyl (C=O) groups is 2. The molecule has 0 aliphatic carbocycles. The maximum absolute atomic E-state index is 12.3. The molecule has 128 valence electrons. The van der Waals surface area contributed by atoms with Crippen molar-refractivity contribution >= 4 is 23.2 Å². The number of rotatable bonds is 6. The Hall–Kier alpha value is -2.34. The van der Waals surface area contributed by atoms with Crippen LogP contribution in [0.15, 0.2) is 30.3 Å². The molecule has 0 radical (unpaired) electrons. The van der Waals surface area contributed by atoms with Crippen LogP contribution in [0.4, 0.5) is 0 Å². The van der Waals surface area contributed by atoms with Crippen LogP contribution < -0.4 is 10.1 Å². The minimum Gasteiger partial charge on any atom is -0.497 e. The summed E-state index contributed by atoms with van der Waals surface area (Å²) >= 11 is 1.40. The number of carbonyl (C=O) groups excluding carboxylic acids is 1. The molecule has 0 atom stereocenters. The molecule has 1 heterocycles. The molecule has 0 saturated carbocycles. The van der Waals surface area contributed by atoms with E-state index in [2.05, 4.69) is 5.32 Å². The van der Waals surface area contributed by atoms with Gasteiger partial charge in [0.1, 0.15) is 5.75 Å². The molecule has 2 aromatic rings. The number of amides is 1. The molecule has 1 amide bonds. The Morgan fingerprint density at radius 3 is 2.42 bits per heavy atom. The van der Waals surface area contributed by atoms with E-state index in [9.17, 15) is 9.59 Å². The van der Waals surface area contributed by atoms with Crippen molar-refractivity contribution in [1.29, 1.82) is 0 Å². The van der Waals surface area contributed by atoms with Crippen molar-refractivity contribution in [3.8, 4) is 16.9 Å². The molecule has 0 aliphatic rings. The zero-order valence-electron chi connectivity index (χ0n) is 14.2. The molecule has 1 aromatic carbocycles. The van der Waals surface area contributed by atoms with Crippen LogP contribution >= 0.6 is 11.3 Å². The summed E-state index contributed by atoms with van der Waals surface area (Å²) in [6.07, 6.45) is 0. The van der Waals surface area contributed by atoms with Crippen molar-refractivity contribution in [2.24, 2.45) is 5.41 Å². The summed E-state index contributed by atoms with van der Waals surface area (Å²) in [6, 6.07) is 9.49. The van der Waals surface area contributed by atoms with Crippen LogP contribution in [-0.2, 0) is 4.79 Å². The van der Waals surface area contributed by atoms with Crippen LogP contribution in [0.3, 0.4) is 0 Å². The van der Waals surface area contributed by atoms with Crippen LogP contribution in [0.5, 0.6) is 5.75 Å². The van der Waals surface area contributed by atoms with E-state index >= 15 is 0 Å². The fourth-order valence-electron chi connectivity index (χ4n) is 2.12. The number of nitrogens with one attached hydrogen (secondary N) is 1. The highest BCUT2D eigenvalue weighted by molar-refractivity contribution is 7.14. The van der Waals surface area contributed by atoms with Gasteiger partial charge in [-0.1, -0.05) is 12.1 Å². The van der Waals surface area contributed by atoms with E-state index in [4.69, 9.17) is 9.84 Å². The minimum absolute atomic E-state index is 0.0793. The lowest BCUT2D eigenvalue weighted by Crippen LogP contribution is -2.38. The molecule has 2 N–H and O–H groups in total. The number of carboxylic acids is 1. The molecule has 1 aromatic heterocycles. The first-order valence-electron chi connectivity index (χ1n) is 7.51. The van der Waals surface area contributed by atoms with Crippen LogP contribution in [0, 0.1) is 12.3 Å². The van der Waals surface area contributed by atoms with Gasteiger partial charge in [-0.2, -0.15) is 0 Å². The molecule has 2 rings (SSSR count). The summed E-state index contributed by atoms with van der Waals surface area (Å²) in [6.45, 7) is 5.20. The molecule has 24 heavy (non-hydrogen) atoms. The summed E-state index contributed by atoms with van der Waals surface area (Å²) in [4.78, 5) is 25.0. The van der Waals surface area contributed by atoms with Crippen molar-refractivity contribution < 1.29 is 19.4 Å². The van der Waals surface area contributed by atoms with Crippen LogP contribution in [0.1, 0.15) is 28.4 Å². The largest absolute Gasteiger partial charge is 0.497 e. The van der Waals surface area contributed by atoms with Gasteiger partial charge in [0.15, 0.2) is 0 Å². The third-order valence-electron chi connectivity index (χ3n) is 3.81. The Kier molecular flexibility index (Phi) is 5.29. The van der Waals surface area contributed by atoms with Gasteiger partial charge in [-0.25, -0.2) is 0 Å². The third-order valence-corrected chi connectivity index (χ3v) is 4.86. The predicted molar refractivity (Wildman–Crippen MR) is 94.8 cm³/mol. The third kappa shape index (κ3) is 3.94. The van der Waals surface area contributed by atoms with Gasteiger partial charge < -0.3 is 15.2 Å². The van der Waals surface area contributed by atoms with Crippen molar-refractivity contribution in [1.82, 2.24) is 5.32 Å². The average Bonchev–Trinajstić information content (AvgIpc) is 2.94. The zero-order chi connectivity index (χ0) is 17.9. The number of methoxy groups -OCH3 is 1. The lowest BCUT2D eigenvalue weighted by atomic mass is 9.94. The summed E-state index contributed by atoms with van der Waals surface area (Å²) in [7, 11) is 1.62. The monoisotopic (exact) mass is 347 g/mol. The zero-order valence-corrected chi connectivity index (χ0v) is 15.0. The van der Waals surface area contributed by atoms with Gasteiger partial charge in [-0.15, -0.1) is 11.3 Å². The second-order valence-corrected chi connectivity index (χ2v) is 7.44. The van der Waals surface area contributed by atoms with E-state index in [-0.39, 0.29) is 12.5 Å². The predicted octanol–water partition coefficient (Wildman–Crippen LogP) is 3.57. The Morgan fingerprint density at radius 1 is 1.25 bits per heavy atom. The van der Waals surface area contributed by atoms with Gasteiger partial charge in [-0.3, -0.25) is 9.59 Å². The first-order chi connectivity index (χ1) is 11.2. The lowest BCUT2D eigenvalue weighted by molar-refractivity contribution is -0.146. The van der Waals surface area contributed by atoms with E-state index in [1.807, 2.05) is 37.3 Å². The number of hydrogen-bond donors (Lipinski definition) is 2. The highest BCUT2D eigenvalue weighted by Crippen LogP contribution is 2.32. The first kappa shape index (κ1) is 18.0. The van der Waals surface area contributed by atoms with E-state index in [0.29, 0.717) is 4.88 Å². The molecule has 0 bridgehead atoms. The molecule has 6 heteroatoms. The van der Waals surface area contributed by atoms with Gasteiger partial charge in [0.25, 0.3) is 5.91 Å². The molecule has 0 saturated heterocycles. The van der Waals surface area contributed by atoms with Crippen molar-refractivity contribution in [3.05, 3.63) is 40.1 Å². The smallest absolute Gasteiger partial charge is 0.310 e. The second-order valence-electron chi connectivity index (χ2n) is 6.18. The topological polar surface area (TPSA) is 75.6 Å². The maximum Gasteiger partial charge on any atom is 0.310 e. The molecule has 0 spiro atoms. The van der Waals surface area contributed by atoms with Crippen molar-refractivity contribution in [2.75, 3.05) is 13.7 Å². The Morgan fingerprint density at radius 2 is 1.88 bits per heavy atom. The molecule has 0 fully saturated rings. The van der Waals surface area contributed by atoms with Crippen molar-refractivity contribution in [3.63, 3.8) is 0 Å².